The smallest absolute Gasteiger partial charge is 0.238 e. The van der Waals surface area contributed by atoms with Crippen molar-refractivity contribution < 1.29 is 4.42 Å². The predicted molar refractivity (Wildman–Crippen MR) is 240 cm³/mol. The molecule has 4 heterocycles. The van der Waals surface area contributed by atoms with E-state index < -0.39 is 0 Å². The van der Waals surface area contributed by atoms with Gasteiger partial charge >= 0.3 is 0 Å². The van der Waals surface area contributed by atoms with E-state index in [9.17, 15) is 0 Å². The molecule has 0 N–H and O–H groups in total. The number of nitrogens with zero attached hydrogens (tertiary/aromatic N) is 5. The van der Waals surface area contributed by atoms with E-state index in [1.807, 2.05) is 42.5 Å². The third-order valence-corrected chi connectivity index (χ3v) is 12.2. The maximum Gasteiger partial charge on any atom is 0.238 e. The summed E-state index contributed by atoms with van der Waals surface area (Å²) in [4.78, 5) is 18.3. The molecule has 272 valence electrons. The van der Waals surface area contributed by atoms with Gasteiger partial charge in [0.05, 0.1) is 27.8 Å². The molecular weight excluding hydrogens is 731 g/mol. The quantitative estimate of drug-likeness (QED) is 0.169. The lowest BCUT2D eigenvalue weighted by atomic mass is 10.1. The van der Waals surface area contributed by atoms with Crippen LogP contribution >= 0.6 is 11.3 Å². The van der Waals surface area contributed by atoms with Crippen molar-refractivity contribution >= 4 is 92.6 Å². The highest BCUT2D eigenvalue weighted by Gasteiger charge is 2.25. The van der Waals surface area contributed by atoms with Crippen LogP contribution in [0.1, 0.15) is 0 Å². The van der Waals surface area contributed by atoms with Crippen molar-refractivity contribution in [2.24, 2.45) is 0 Å². The summed E-state index contributed by atoms with van der Waals surface area (Å²) in [5.74, 6) is 1.68. The van der Waals surface area contributed by atoms with Crippen LogP contribution < -0.4 is 4.90 Å². The van der Waals surface area contributed by atoms with Crippen LogP contribution in [0.25, 0.3) is 92.4 Å². The molecular formula is C51H31N5OS. The van der Waals surface area contributed by atoms with E-state index in [4.69, 9.17) is 19.4 Å². The number of aromatic nitrogens is 4. The highest BCUT2D eigenvalue weighted by Crippen LogP contribution is 2.45. The zero-order valence-electron chi connectivity index (χ0n) is 31.0. The molecule has 58 heavy (non-hydrogen) atoms. The summed E-state index contributed by atoms with van der Waals surface area (Å²) in [6, 6.07) is 65.4. The summed E-state index contributed by atoms with van der Waals surface area (Å²) < 4.78 is 11.2. The minimum atomic E-state index is 0.505. The number of fused-ring (bicyclic) bond motifs is 9. The zero-order chi connectivity index (χ0) is 38.2. The van der Waals surface area contributed by atoms with E-state index in [2.05, 4.69) is 155 Å². The number of hydrogen-bond acceptors (Lipinski definition) is 6. The Morgan fingerprint density at radius 1 is 0.466 bits per heavy atom. The Morgan fingerprint density at radius 2 is 1.14 bits per heavy atom. The number of para-hydroxylation sites is 3. The summed E-state index contributed by atoms with van der Waals surface area (Å²) >= 11 is 1.79. The number of anilines is 3. The van der Waals surface area contributed by atoms with Gasteiger partial charge in [0.1, 0.15) is 11.2 Å². The van der Waals surface area contributed by atoms with E-state index in [1.54, 1.807) is 11.3 Å². The topological polar surface area (TPSA) is 60.0 Å². The number of benzene rings is 8. The molecule has 0 aliphatic rings. The number of furan rings is 1. The second kappa shape index (κ2) is 13.0. The lowest BCUT2D eigenvalue weighted by Crippen LogP contribution is -2.15. The first-order valence-corrected chi connectivity index (χ1v) is 20.1. The van der Waals surface area contributed by atoms with Crippen molar-refractivity contribution in [1.82, 2.24) is 19.5 Å². The summed E-state index contributed by atoms with van der Waals surface area (Å²) in [5.41, 5.74) is 8.59. The highest BCUT2D eigenvalue weighted by molar-refractivity contribution is 7.25. The zero-order valence-corrected chi connectivity index (χ0v) is 31.8. The second-order valence-electron chi connectivity index (χ2n) is 14.4. The molecule has 0 saturated heterocycles. The molecule has 6 nitrogen and oxygen atoms in total. The summed E-state index contributed by atoms with van der Waals surface area (Å²) in [6.45, 7) is 0. The van der Waals surface area contributed by atoms with Gasteiger partial charge in [0.15, 0.2) is 11.6 Å². The summed E-state index contributed by atoms with van der Waals surface area (Å²) in [5, 5.41) is 6.70. The molecule has 0 bridgehead atoms. The molecule has 0 aliphatic heterocycles. The third-order valence-electron chi connectivity index (χ3n) is 11.1. The predicted octanol–water partition coefficient (Wildman–Crippen LogP) is 14.0. The maximum absolute atomic E-state index is 6.46. The van der Waals surface area contributed by atoms with Gasteiger partial charge in [-0.25, -0.2) is 4.98 Å². The molecule has 12 rings (SSSR count). The number of rotatable bonds is 6. The fraction of sp³-hybridized carbons (Fsp3) is 0. The van der Waals surface area contributed by atoms with Crippen LogP contribution in [0.15, 0.2) is 192 Å². The van der Waals surface area contributed by atoms with Crippen LogP contribution in [0.5, 0.6) is 0 Å². The first kappa shape index (κ1) is 32.6. The van der Waals surface area contributed by atoms with E-state index in [-0.39, 0.29) is 0 Å². The van der Waals surface area contributed by atoms with Crippen molar-refractivity contribution in [1.29, 1.82) is 0 Å². The van der Waals surface area contributed by atoms with Gasteiger partial charge in [-0.15, -0.1) is 11.3 Å². The van der Waals surface area contributed by atoms with Crippen LogP contribution in [0.2, 0.25) is 0 Å². The van der Waals surface area contributed by atoms with Crippen molar-refractivity contribution in [3.05, 3.63) is 188 Å². The molecule has 12 aromatic rings. The highest BCUT2D eigenvalue weighted by atomic mass is 32.1. The van der Waals surface area contributed by atoms with E-state index in [0.717, 1.165) is 71.9 Å². The first-order valence-electron chi connectivity index (χ1n) is 19.3. The minimum Gasteiger partial charge on any atom is -0.456 e. The molecule has 0 aliphatic carbocycles. The SMILES string of the molecule is c1ccc(-c2nc(-c3cccc4c3c3ccccc3n4-c3ccccc3)nc(N(c3ccc4c(c3)sc3ccccc34)c3cccc4oc5ccccc5c34)n2)cc1. The molecule has 0 unspecified atom stereocenters. The molecule has 4 aromatic heterocycles. The Bertz CT molecular complexity index is 3530. The lowest BCUT2D eigenvalue weighted by Gasteiger charge is -2.25. The average Bonchev–Trinajstić information content (AvgIpc) is 3.97. The Hall–Kier alpha value is -7.61. The van der Waals surface area contributed by atoms with Gasteiger partial charge in [0.2, 0.25) is 5.95 Å². The van der Waals surface area contributed by atoms with Crippen molar-refractivity contribution in [3.8, 4) is 28.5 Å². The molecule has 0 saturated carbocycles. The van der Waals surface area contributed by atoms with Crippen LogP contribution in [0.4, 0.5) is 17.3 Å². The fourth-order valence-corrected chi connectivity index (χ4v) is 9.66. The number of thiophene rings is 1. The largest absolute Gasteiger partial charge is 0.456 e. The normalized spacial score (nSPS) is 11.8. The minimum absolute atomic E-state index is 0.505. The first-order chi connectivity index (χ1) is 28.8. The second-order valence-corrected chi connectivity index (χ2v) is 15.5. The fourth-order valence-electron chi connectivity index (χ4n) is 8.52. The van der Waals surface area contributed by atoms with Crippen LogP contribution in [-0.4, -0.2) is 19.5 Å². The van der Waals surface area contributed by atoms with Crippen LogP contribution in [0, 0.1) is 0 Å². The molecule has 0 atom stereocenters. The molecule has 0 amide bonds. The Balaban J connectivity index is 1.17. The van der Waals surface area contributed by atoms with E-state index >= 15 is 0 Å². The molecule has 0 spiro atoms. The van der Waals surface area contributed by atoms with Gasteiger partial charge in [0.25, 0.3) is 0 Å². The van der Waals surface area contributed by atoms with Gasteiger partial charge in [0, 0.05) is 53.1 Å². The lowest BCUT2D eigenvalue weighted by molar-refractivity contribution is 0.669. The van der Waals surface area contributed by atoms with Gasteiger partial charge in [-0.05, 0) is 60.7 Å². The molecule has 8 aromatic carbocycles. The van der Waals surface area contributed by atoms with Crippen LogP contribution in [-0.2, 0) is 0 Å². The van der Waals surface area contributed by atoms with Gasteiger partial charge in [-0.3, -0.25) is 4.90 Å². The molecule has 0 fully saturated rings. The standard InChI is InChI=1S/C51H31N5OS/c1-3-15-32(16-4-1)49-52-50(39-22-13-24-41-47(39)37-20-7-10-23-40(37)55(41)33-17-5-2-6-18-33)54-51(53-49)56(34-29-30-36-35-19-9-12-28-45(35)58-46(36)31-34)42-25-14-27-44-48(42)38-21-8-11-26-43(38)57-44/h1-31H. The van der Waals surface area contributed by atoms with Crippen molar-refractivity contribution in [2.75, 3.05) is 4.90 Å². The van der Waals surface area contributed by atoms with Gasteiger partial charge < -0.3 is 8.98 Å². The average molecular weight is 762 g/mol. The van der Waals surface area contributed by atoms with Crippen molar-refractivity contribution in [3.63, 3.8) is 0 Å². The number of hydrogen-bond donors (Lipinski definition) is 0. The summed E-state index contributed by atoms with van der Waals surface area (Å²) in [6.07, 6.45) is 0. The summed E-state index contributed by atoms with van der Waals surface area (Å²) in [7, 11) is 0. The van der Waals surface area contributed by atoms with E-state index in [1.165, 1.54) is 20.2 Å². The third kappa shape index (κ3) is 5.07. The Labute approximate surface area is 336 Å². The maximum atomic E-state index is 6.46. The van der Waals surface area contributed by atoms with Crippen molar-refractivity contribution in [2.45, 2.75) is 0 Å². The van der Waals surface area contributed by atoms with Gasteiger partial charge in [-0.2, -0.15) is 9.97 Å². The Kier molecular flexibility index (Phi) is 7.30. The Morgan fingerprint density at radius 3 is 2.02 bits per heavy atom. The van der Waals surface area contributed by atoms with Crippen LogP contribution in [0.3, 0.4) is 0 Å². The van der Waals surface area contributed by atoms with E-state index in [0.29, 0.717) is 17.6 Å². The monoisotopic (exact) mass is 761 g/mol. The van der Waals surface area contributed by atoms with Gasteiger partial charge in [-0.1, -0.05) is 127 Å². The molecule has 0 radical (unpaired) electrons. The molecule has 7 heteroatoms.